The molecule has 0 unspecified atom stereocenters. The van der Waals surface area contributed by atoms with Crippen LogP contribution in [-0.4, -0.2) is 22.3 Å². The molecule has 0 aromatic carbocycles. The molecule has 0 amide bonds. The van der Waals surface area contributed by atoms with Crippen molar-refractivity contribution in [2.45, 2.75) is 78.2 Å². The van der Waals surface area contributed by atoms with Gasteiger partial charge in [0.2, 0.25) is 0 Å². The lowest BCUT2D eigenvalue weighted by Crippen LogP contribution is -2.38. The predicted octanol–water partition coefficient (Wildman–Crippen LogP) is 5.76. The van der Waals surface area contributed by atoms with Crippen LogP contribution in [0.15, 0.2) is 36.0 Å². The third-order valence-corrected chi connectivity index (χ3v) is 8.46. The molecule has 0 aromatic rings. The first kappa shape index (κ1) is 21.4. The van der Waals surface area contributed by atoms with Crippen LogP contribution in [0.1, 0.15) is 72.1 Å². The summed E-state index contributed by atoms with van der Waals surface area (Å²) in [5.41, 5.74) is 3.12. The Morgan fingerprint density at radius 3 is 2.71 bits per heavy atom. The lowest BCUT2D eigenvalue weighted by molar-refractivity contribution is -0.132. The summed E-state index contributed by atoms with van der Waals surface area (Å²) in [5.74, 6) is 1.72. The summed E-state index contributed by atoms with van der Waals surface area (Å²) in [6.45, 7) is 15.1. The van der Waals surface area contributed by atoms with E-state index >= 15 is 0 Å². The highest BCUT2D eigenvalue weighted by Crippen LogP contribution is 2.60. The predicted molar refractivity (Wildman–Crippen MR) is 114 cm³/mol. The first-order valence-corrected chi connectivity index (χ1v) is 11.1. The van der Waals surface area contributed by atoms with E-state index in [4.69, 9.17) is 5.11 Å². The summed E-state index contributed by atoms with van der Waals surface area (Å²) in [4.78, 5) is 11.0. The molecule has 3 rings (SSSR count). The van der Waals surface area contributed by atoms with Gasteiger partial charge in [0, 0.05) is 5.57 Å². The van der Waals surface area contributed by atoms with Gasteiger partial charge in [-0.05, 0) is 98.9 Å². The zero-order valence-electron chi connectivity index (χ0n) is 17.9. The molecular formula is C25H38O3. The van der Waals surface area contributed by atoms with E-state index in [0.29, 0.717) is 35.2 Å². The van der Waals surface area contributed by atoms with Gasteiger partial charge in [-0.3, -0.25) is 0 Å². The van der Waals surface area contributed by atoms with E-state index < -0.39 is 12.1 Å². The molecule has 2 N–H and O–H groups in total. The summed E-state index contributed by atoms with van der Waals surface area (Å²) in [5, 5.41) is 20.0. The van der Waals surface area contributed by atoms with Crippen LogP contribution in [0, 0.1) is 35.0 Å². The van der Waals surface area contributed by atoms with E-state index in [9.17, 15) is 9.90 Å². The highest BCUT2D eigenvalue weighted by molar-refractivity contribution is 5.85. The van der Waals surface area contributed by atoms with Gasteiger partial charge in [0.1, 0.15) is 0 Å². The summed E-state index contributed by atoms with van der Waals surface area (Å²) in [6.07, 6.45) is 9.94. The third-order valence-electron chi connectivity index (χ3n) is 8.46. The normalized spacial score (nSPS) is 39.9. The van der Waals surface area contributed by atoms with Gasteiger partial charge in [-0.1, -0.05) is 38.7 Å². The van der Waals surface area contributed by atoms with E-state index in [-0.39, 0.29) is 5.41 Å². The van der Waals surface area contributed by atoms with E-state index in [1.54, 1.807) is 6.92 Å². The number of fused-ring (bicyclic) bond motifs is 2. The van der Waals surface area contributed by atoms with Crippen molar-refractivity contribution in [1.29, 1.82) is 0 Å². The number of carboxylic acid groups (broad SMARTS) is 1. The van der Waals surface area contributed by atoms with Gasteiger partial charge in [0.25, 0.3) is 0 Å². The minimum absolute atomic E-state index is 0.267. The first-order valence-electron chi connectivity index (χ1n) is 11.1. The number of aliphatic hydroxyl groups excluding tert-OH is 1. The van der Waals surface area contributed by atoms with Crippen LogP contribution in [-0.2, 0) is 4.79 Å². The van der Waals surface area contributed by atoms with Crippen LogP contribution < -0.4 is 0 Å². The molecule has 156 valence electrons. The lowest BCUT2D eigenvalue weighted by atomic mass is 9.62. The fourth-order valence-electron chi connectivity index (χ4n) is 6.54. The van der Waals surface area contributed by atoms with E-state index in [1.165, 1.54) is 24.8 Å². The van der Waals surface area contributed by atoms with Crippen LogP contribution in [0.4, 0.5) is 0 Å². The Bertz CT molecular complexity index is 675. The molecule has 7 atom stereocenters. The Balaban J connectivity index is 1.75. The van der Waals surface area contributed by atoms with Crippen molar-refractivity contribution in [2.24, 2.45) is 35.0 Å². The Morgan fingerprint density at radius 1 is 1.32 bits per heavy atom. The Labute approximate surface area is 170 Å². The molecule has 0 bridgehead atoms. The molecule has 0 aromatic heterocycles. The number of allylic oxidation sites excluding steroid dienone is 2. The highest BCUT2D eigenvalue weighted by atomic mass is 16.4. The molecule has 0 radical (unpaired) electrons. The Morgan fingerprint density at radius 2 is 2.04 bits per heavy atom. The second-order valence-electron chi connectivity index (χ2n) is 10.2. The molecule has 3 saturated carbocycles. The SMILES string of the molecule is C=C1CC[C@H]2C(=C)[C@H](O)C[C@@H]3[C@@H]([C@@H](C)CC/C=C(\C)C(=O)O)CC[C@@]3(C)C[C@H]12. The van der Waals surface area contributed by atoms with Gasteiger partial charge in [-0.15, -0.1) is 0 Å². The Hall–Kier alpha value is -1.35. The molecule has 3 aliphatic carbocycles. The molecule has 28 heavy (non-hydrogen) atoms. The highest BCUT2D eigenvalue weighted by Gasteiger charge is 2.51. The lowest BCUT2D eigenvalue weighted by Gasteiger charge is -2.44. The van der Waals surface area contributed by atoms with Crippen molar-refractivity contribution in [3.8, 4) is 0 Å². The molecule has 3 fully saturated rings. The molecule has 3 aliphatic rings. The van der Waals surface area contributed by atoms with Crippen LogP contribution in [0.25, 0.3) is 0 Å². The summed E-state index contributed by atoms with van der Waals surface area (Å²) < 4.78 is 0. The first-order chi connectivity index (χ1) is 13.1. The zero-order valence-corrected chi connectivity index (χ0v) is 17.9. The maximum Gasteiger partial charge on any atom is 0.330 e. The number of rotatable bonds is 5. The fourth-order valence-corrected chi connectivity index (χ4v) is 6.54. The zero-order chi connectivity index (χ0) is 20.6. The molecule has 0 heterocycles. The van der Waals surface area contributed by atoms with E-state index in [2.05, 4.69) is 27.0 Å². The minimum atomic E-state index is -0.825. The topological polar surface area (TPSA) is 57.5 Å². The van der Waals surface area contributed by atoms with Gasteiger partial charge in [-0.2, -0.15) is 0 Å². The van der Waals surface area contributed by atoms with Gasteiger partial charge in [0.15, 0.2) is 0 Å². The summed E-state index contributed by atoms with van der Waals surface area (Å²) in [7, 11) is 0. The Kier molecular flexibility index (Phi) is 6.24. The molecule has 0 saturated heterocycles. The van der Waals surface area contributed by atoms with E-state index in [0.717, 1.165) is 37.7 Å². The van der Waals surface area contributed by atoms with Gasteiger partial charge >= 0.3 is 5.97 Å². The molecule has 0 aliphatic heterocycles. The van der Waals surface area contributed by atoms with Crippen molar-refractivity contribution in [3.05, 3.63) is 36.0 Å². The number of aliphatic hydroxyl groups is 1. The molecule has 3 heteroatoms. The van der Waals surface area contributed by atoms with Crippen LogP contribution >= 0.6 is 0 Å². The standard InChI is InChI=1S/C25H38O3/c1-15(7-6-8-17(3)24(27)28)19-11-12-25(5)14-21-16(2)9-10-20(21)18(4)23(26)13-22(19)25/h8,15,19-23,26H,2,4,6-7,9-14H2,1,3,5H3,(H,27,28)/b17-8+/t15-,19+,20-,21+,22+,23+,25-/m0/s1. The average Bonchev–Trinajstić information content (AvgIpc) is 3.14. The third kappa shape index (κ3) is 4.01. The average molecular weight is 387 g/mol. The van der Waals surface area contributed by atoms with Crippen LogP contribution in [0.5, 0.6) is 0 Å². The number of carbonyl (C=O) groups is 1. The summed E-state index contributed by atoms with van der Waals surface area (Å²) in [6, 6.07) is 0. The minimum Gasteiger partial charge on any atom is -0.478 e. The van der Waals surface area contributed by atoms with Crippen molar-refractivity contribution >= 4 is 5.97 Å². The van der Waals surface area contributed by atoms with Gasteiger partial charge in [0.05, 0.1) is 6.10 Å². The number of aliphatic carboxylic acids is 1. The van der Waals surface area contributed by atoms with Crippen LogP contribution in [0.3, 0.4) is 0 Å². The number of carboxylic acids is 1. The quantitative estimate of drug-likeness (QED) is 0.466. The van der Waals surface area contributed by atoms with Crippen LogP contribution in [0.2, 0.25) is 0 Å². The second kappa shape index (κ2) is 8.18. The maximum absolute atomic E-state index is 11.0. The van der Waals surface area contributed by atoms with Crippen molar-refractivity contribution in [2.75, 3.05) is 0 Å². The second-order valence-corrected chi connectivity index (χ2v) is 10.2. The van der Waals surface area contributed by atoms with Gasteiger partial charge < -0.3 is 10.2 Å². The van der Waals surface area contributed by atoms with Crippen molar-refractivity contribution in [1.82, 2.24) is 0 Å². The number of hydrogen-bond acceptors (Lipinski definition) is 2. The molecular weight excluding hydrogens is 348 g/mol. The number of hydrogen-bond donors (Lipinski definition) is 2. The van der Waals surface area contributed by atoms with E-state index in [1.807, 2.05) is 6.08 Å². The monoisotopic (exact) mass is 386 g/mol. The smallest absolute Gasteiger partial charge is 0.330 e. The van der Waals surface area contributed by atoms with Gasteiger partial charge in [-0.25, -0.2) is 4.79 Å². The fraction of sp³-hybridized carbons (Fsp3) is 0.720. The maximum atomic E-state index is 11.0. The molecule has 0 spiro atoms. The largest absolute Gasteiger partial charge is 0.478 e. The van der Waals surface area contributed by atoms with Crippen molar-refractivity contribution in [3.63, 3.8) is 0 Å². The summed E-state index contributed by atoms with van der Waals surface area (Å²) >= 11 is 0. The molecule has 3 nitrogen and oxygen atoms in total. The van der Waals surface area contributed by atoms with Crippen molar-refractivity contribution < 1.29 is 15.0 Å².